The lowest BCUT2D eigenvalue weighted by molar-refractivity contribution is -0.147. The fourth-order valence-electron chi connectivity index (χ4n) is 2.55. The fourth-order valence-corrected chi connectivity index (χ4v) is 3.96. The van der Waals surface area contributed by atoms with E-state index in [0.717, 1.165) is 12.8 Å². The Morgan fingerprint density at radius 1 is 1.29 bits per heavy atom. The monoisotopic (exact) mass is 308 g/mol. The van der Waals surface area contributed by atoms with Crippen LogP contribution in [0.15, 0.2) is 29.2 Å². The Kier molecular flexibility index (Phi) is 4.30. The van der Waals surface area contributed by atoms with Gasteiger partial charge in [-0.2, -0.15) is 9.98 Å². The molecule has 112 valence electrons. The van der Waals surface area contributed by atoms with Crippen LogP contribution in [-0.2, 0) is 19.6 Å². The van der Waals surface area contributed by atoms with E-state index in [1.165, 1.54) is 31.4 Å². The topological polar surface area (TPSA) is 96.3 Å². The summed E-state index contributed by atoms with van der Waals surface area (Å²) in [6.45, 7) is 0. The van der Waals surface area contributed by atoms with Crippen LogP contribution in [0, 0.1) is 11.3 Å². The SMILES string of the molecule is COC(=O)C1(NS(=O)(=O)c2ccc(C#N)cc2)CCCC1. The molecular formula is C14H16N2O4S. The van der Waals surface area contributed by atoms with E-state index in [1.807, 2.05) is 6.07 Å². The lowest BCUT2D eigenvalue weighted by Crippen LogP contribution is -2.52. The maximum absolute atomic E-state index is 12.4. The van der Waals surface area contributed by atoms with Gasteiger partial charge in [0.25, 0.3) is 0 Å². The highest BCUT2D eigenvalue weighted by molar-refractivity contribution is 7.89. The highest BCUT2D eigenvalue weighted by Gasteiger charge is 2.45. The number of sulfonamides is 1. The molecule has 7 heteroatoms. The number of methoxy groups -OCH3 is 1. The molecule has 6 nitrogen and oxygen atoms in total. The minimum Gasteiger partial charge on any atom is -0.468 e. The van der Waals surface area contributed by atoms with Crippen LogP contribution in [0.1, 0.15) is 31.2 Å². The predicted octanol–water partition coefficient (Wildman–Crippen LogP) is 1.32. The maximum Gasteiger partial charge on any atom is 0.327 e. The number of carbonyl (C=O) groups excluding carboxylic acids is 1. The first-order chi connectivity index (χ1) is 9.93. The van der Waals surface area contributed by atoms with Gasteiger partial charge in [-0.25, -0.2) is 8.42 Å². The highest BCUT2D eigenvalue weighted by Crippen LogP contribution is 2.32. The Morgan fingerprint density at radius 3 is 2.33 bits per heavy atom. The van der Waals surface area contributed by atoms with Crippen molar-refractivity contribution >= 4 is 16.0 Å². The van der Waals surface area contributed by atoms with Gasteiger partial charge in [-0.1, -0.05) is 12.8 Å². The van der Waals surface area contributed by atoms with E-state index in [-0.39, 0.29) is 4.90 Å². The minimum absolute atomic E-state index is 0.0247. The third-order valence-corrected chi connectivity index (χ3v) is 5.21. The van der Waals surface area contributed by atoms with Crippen LogP contribution in [0.5, 0.6) is 0 Å². The fraction of sp³-hybridized carbons (Fsp3) is 0.429. The van der Waals surface area contributed by atoms with Crippen molar-refractivity contribution in [2.24, 2.45) is 0 Å². The van der Waals surface area contributed by atoms with E-state index >= 15 is 0 Å². The predicted molar refractivity (Wildman–Crippen MR) is 74.7 cm³/mol. The smallest absolute Gasteiger partial charge is 0.327 e. The van der Waals surface area contributed by atoms with E-state index in [0.29, 0.717) is 18.4 Å². The normalized spacial score (nSPS) is 17.1. The third kappa shape index (κ3) is 3.06. The van der Waals surface area contributed by atoms with Gasteiger partial charge in [0.1, 0.15) is 5.54 Å². The molecule has 1 fully saturated rings. The summed E-state index contributed by atoms with van der Waals surface area (Å²) >= 11 is 0. The third-order valence-electron chi connectivity index (χ3n) is 3.66. The summed E-state index contributed by atoms with van der Waals surface area (Å²) in [5.74, 6) is -0.558. The van der Waals surface area contributed by atoms with E-state index < -0.39 is 21.5 Å². The molecule has 1 aromatic carbocycles. The lowest BCUT2D eigenvalue weighted by Gasteiger charge is -2.26. The Labute approximate surface area is 123 Å². The molecule has 1 N–H and O–H groups in total. The van der Waals surface area contributed by atoms with E-state index in [9.17, 15) is 13.2 Å². The Balaban J connectivity index is 2.30. The number of nitrogens with one attached hydrogen (secondary N) is 1. The van der Waals surface area contributed by atoms with Crippen LogP contribution in [-0.4, -0.2) is 27.0 Å². The van der Waals surface area contributed by atoms with Crippen LogP contribution >= 0.6 is 0 Å². The molecule has 0 aliphatic heterocycles. The number of esters is 1. The zero-order valence-electron chi connectivity index (χ0n) is 11.6. The zero-order valence-corrected chi connectivity index (χ0v) is 12.4. The molecule has 1 saturated carbocycles. The first-order valence-electron chi connectivity index (χ1n) is 6.56. The lowest BCUT2D eigenvalue weighted by atomic mass is 10.00. The molecule has 21 heavy (non-hydrogen) atoms. The number of hydrogen-bond acceptors (Lipinski definition) is 5. The van der Waals surface area contributed by atoms with Gasteiger partial charge >= 0.3 is 5.97 Å². The Hall–Kier alpha value is -1.91. The molecule has 0 aromatic heterocycles. The Bertz CT molecular complexity index is 668. The first kappa shape index (κ1) is 15.5. The summed E-state index contributed by atoms with van der Waals surface area (Å²) < 4.78 is 32.1. The van der Waals surface area contributed by atoms with E-state index in [4.69, 9.17) is 10.00 Å². The van der Waals surface area contributed by atoms with Crippen molar-refractivity contribution < 1.29 is 17.9 Å². The second kappa shape index (κ2) is 5.84. The van der Waals surface area contributed by atoms with Gasteiger partial charge in [0, 0.05) is 0 Å². The Morgan fingerprint density at radius 2 is 1.86 bits per heavy atom. The van der Waals surface area contributed by atoms with Gasteiger partial charge < -0.3 is 4.74 Å². The molecule has 0 unspecified atom stereocenters. The van der Waals surface area contributed by atoms with Crippen LogP contribution in [0.25, 0.3) is 0 Å². The number of ether oxygens (including phenoxy) is 1. The average Bonchev–Trinajstić information content (AvgIpc) is 2.95. The first-order valence-corrected chi connectivity index (χ1v) is 8.04. The quantitative estimate of drug-likeness (QED) is 0.846. The van der Waals surface area contributed by atoms with Crippen molar-refractivity contribution in [3.63, 3.8) is 0 Å². The standard InChI is InChI=1S/C14H16N2O4S/c1-20-13(17)14(8-2-3-9-14)16-21(18,19)12-6-4-11(10-15)5-7-12/h4-7,16H,2-3,8-9H2,1H3. The number of nitrogens with zero attached hydrogens (tertiary/aromatic N) is 1. The van der Waals surface area contributed by atoms with Crippen LogP contribution in [0.4, 0.5) is 0 Å². The van der Waals surface area contributed by atoms with Crippen molar-refractivity contribution in [1.82, 2.24) is 4.72 Å². The van der Waals surface area contributed by atoms with Crippen LogP contribution in [0.2, 0.25) is 0 Å². The number of nitriles is 1. The second-order valence-electron chi connectivity index (χ2n) is 5.02. The van der Waals surface area contributed by atoms with Gasteiger partial charge in [-0.3, -0.25) is 4.79 Å². The van der Waals surface area contributed by atoms with E-state index in [2.05, 4.69) is 4.72 Å². The molecule has 0 amide bonds. The van der Waals surface area contributed by atoms with Gasteiger partial charge in [0.05, 0.1) is 23.6 Å². The number of rotatable bonds is 4. The number of carbonyl (C=O) groups is 1. The summed E-state index contributed by atoms with van der Waals surface area (Å²) in [6.07, 6.45) is 2.39. The molecular weight excluding hydrogens is 292 g/mol. The van der Waals surface area contributed by atoms with Gasteiger partial charge in [0.2, 0.25) is 10.0 Å². The number of hydrogen-bond donors (Lipinski definition) is 1. The average molecular weight is 308 g/mol. The van der Waals surface area contributed by atoms with Gasteiger partial charge in [0.15, 0.2) is 0 Å². The highest BCUT2D eigenvalue weighted by atomic mass is 32.2. The minimum atomic E-state index is -3.84. The van der Waals surface area contributed by atoms with E-state index in [1.54, 1.807) is 0 Å². The van der Waals surface area contributed by atoms with Crippen LogP contribution in [0.3, 0.4) is 0 Å². The van der Waals surface area contributed by atoms with Gasteiger partial charge in [-0.15, -0.1) is 0 Å². The molecule has 2 rings (SSSR count). The molecule has 0 atom stereocenters. The molecule has 0 heterocycles. The summed E-state index contributed by atoms with van der Waals surface area (Å²) in [5.41, 5.74) is -0.806. The maximum atomic E-state index is 12.4. The van der Waals surface area contributed by atoms with Crippen LogP contribution < -0.4 is 4.72 Å². The van der Waals surface area contributed by atoms with Gasteiger partial charge in [-0.05, 0) is 37.1 Å². The molecule has 0 saturated heterocycles. The zero-order chi connectivity index (χ0) is 15.5. The van der Waals surface area contributed by atoms with Crippen molar-refractivity contribution in [2.75, 3.05) is 7.11 Å². The molecule has 0 bridgehead atoms. The molecule has 1 aliphatic rings. The summed E-state index contributed by atoms with van der Waals surface area (Å²) in [7, 11) is -2.59. The second-order valence-corrected chi connectivity index (χ2v) is 6.70. The summed E-state index contributed by atoms with van der Waals surface area (Å²) in [5, 5.41) is 8.73. The molecule has 0 radical (unpaired) electrons. The molecule has 1 aliphatic carbocycles. The van der Waals surface area contributed by atoms with Crippen molar-refractivity contribution in [1.29, 1.82) is 5.26 Å². The number of benzene rings is 1. The summed E-state index contributed by atoms with van der Waals surface area (Å²) in [4.78, 5) is 12.0. The largest absolute Gasteiger partial charge is 0.468 e. The van der Waals surface area contributed by atoms with Crippen molar-refractivity contribution in [3.8, 4) is 6.07 Å². The van der Waals surface area contributed by atoms with Crippen molar-refractivity contribution in [3.05, 3.63) is 29.8 Å². The summed E-state index contributed by atoms with van der Waals surface area (Å²) in [6, 6.07) is 7.47. The molecule has 0 spiro atoms. The molecule has 1 aromatic rings. The van der Waals surface area contributed by atoms with Crippen molar-refractivity contribution in [2.45, 2.75) is 36.1 Å².